The van der Waals surface area contributed by atoms with Crippen molar-refractivity contribution in [2.45, 2.75) is 72.8 Å². The number of hydrogen-bond donors (Lipinski definition) is 1. The van der Waals surface area contributed by atoms with Crippen LogP contribution in [0.15, 0.2) is 0 Å². The third-order valence-electron chi connectivity index (χ3n) is 4.91. The molecule has 1 aromatic rings. The summed E-state index contributed by atoms with van der Waals surface area (Å²) in [6, 6.07) is 0.636. The number of nitrogens with zero attached hydrogens (tertiary/aromatic N) is 2. The number of hydrogen-bond acceptors (Lipinski definition) is 2. The summed E-state index contributed by atoms with van der Waals surface area (Å²) in [4.78, 5) is 0. The summed E-state index contributed by atoms with van der Waals surface area (Å²) in [5, 5.41) is 8.41. The Bertz CT molecular complexity index is 440. The Kier molecular flexibility index (Phi) is 5.86. The van der Waals surface area contributed by atoms with Crippen LogP contribution >= 0.6 is 0 Å². The van der Waals surface area contributed by atoms with Crippen molar-refractivity contribution in [3.8, 4) is 0 Å². The summed E-state index contributed by atoms with van der Waals surface area (Å²) in [7, 11) is 0. The SMILES string of the molecule is Cc1nn(C2CCC(C)CC2)c(C)c1CCNCC(C)C. The van der Waals surface area contributed by atoms with Gasteiger partial charge in [0, 0.05) is 5.69 Å². The van der Waals surface area contributed by atoms with Gasteiger partial charge in [0.25, 0.3) is 0 Å². The second-order valence-corrected chi connectivity index (χ2v) is 7.36. The molecule has 0 spiro atoms. The first-order chi connectivity index (χ1) is 9.99. The summed E-state index contributed by atoms with van der Waals surface area (Å²) in [5.74, 6) is 1.62. The molecule has 0 saturated heterocycles. The van der Waals surface area contributed by atoms with Crippen LogP contribution in [-0.2, 0) is 6.42 Å². The van der Waals surface area contributed by atoms with Crippen LogP contribution in [0.1, 0.15) is 69.4 Å². The van der Waals surface area contributed by atoms with E-state index in [9.17, 15) is 0 Å². The van der Waals surface area contributed by atoms with E-state index in [-0.39, 0.29) is 0 Å². The fourth-order valence-corrected chi connectivity index (χ4v) is 3.51. The Labute approximate surface area is 130 Å². The first kappa shape index (κ1) is 16.5. The molecule has 0 aromatic carbocycles. The zero-order valence-electron chi connectivity index (χ0n) is 14.6. The van der Waals surface area contributed by atoms with E-state index < -0.39 is 0 Å². The average Bonchev–Trinajstić information content (AvgIpc) is 2.71. The maximum Gasteiger partial charge on any atom is 0.0629 e. The Morgan fingerprint density at radius 1 is 1.19 bits per heavy atom. The molecule has 0 bridgehead atoms. The van der Waals surface area contributed by atoms with E-state index >= 15 is 0 Å². The molecule has 3 nitrogen and oxygen atoms in total. The highest BCUT2D eigenvalue weighted by molar-refractivity contribution is 5.25. The Morgan fingerprint density at radius 2 is 1.86 bits per heavy atom. The maximum absolute atomic E-state index is 4.86. The van der Waals surface area contributed by atoms with Crippen molar-refractivity contribution in [2.24, 2.45) is 11.8 Å². The third-order valence-corrected chi connectivity index (χ3v) is 4.91. The van der Waals surface area contributed by atoms with E-state index in [4.69, 9.17) is 5.10 Å². The van der Waals surface area contributed by atoms with Crippen molar-refractivity contribution in [3.63, 3.8) is 0 Å². The van der Waals surface area contributed by atoms with E-state index in [1.165, 1.54) is 42.6 Å². The Balaban J connectivity index is 1.97. The summed E-state index contributed by atoms with van der Waals surface area (Å²) in [6.07, 6.45) is 6.42. The summed E-state index contributed by atoms with van der Waals surface area (Å²) in [5.41, 5.74) is 4.10. The molecule has 0 radical (unpaired) electrons. The minimum absolute atomic E-state index is 0.636. The van der Waals surface area contributed by atoms with E-state index in [1.54, 1.807) is 0 Å². The molecule has 21 heavy (non-hydrogen) atoms. The van der Waals surface area contributed by atoms with Crippen LogP contribution in [0.5, 0.6) is 0 Å². The van der Waals surface area contributed by atoms with Crippen LogP contribution in [0.2, 0.25) is 0 Å². The Hall–Kier alpha value is -0.830. The molecule has 0 unspecified atom stereocenters. The van der Waals surface area contributed by atoms with Gasteiger partial charge in [-0.3, -0.25) is 4.68 Å². The molecule has 1 aromatic heterocycles. The lowest BCUT2D eigenvalue weighted by Crippen LogP contribution is -2.22. The normalized spacial score (nSPS) is 23.0. The molecular weight excluding hydrogens is 258 g/mol. The minimum Gasteiger partial charge on any atom is -0.316 e. The zero-order valence-corrected chi connectivity index (χ0v) is 14.6. The standard InChI is InChI=1S/C18H33N3/c1-13(2)12-19-11-10-18-15(4)20-21(16(18)5)17-8-6-14(3)7-9-17/h13-14,17,19H,6-12H2,1-5H3. The molecule has 0 atom stereocenters. The van der Waals surface area contributed by atoms with Crippen LogP contribution in [0.4, 0.5) is 0 Å². The van der Waals surface area contributed by atoms with Crippen molar-refractivity contribution in [2.75, 3.05) is 13.1 Å². The zero-order chi connectivity index (χ0) is 15.4. The molecule has 2 rings (SSSR count). The van der Waals surface area contributed by atoms with Crippen molar-refractivity contribution in [3.05, 3.63) is 17.0 Å². The monoisotopic (exact) mass is 291 g/mol. The van der Waals surface area contributed by atoms with Crippen molar-refractivity contribution in [1.82, 2.24) is 15.1 Å². The largest absolute Gasteiger partial charge is 0.316 e. The van der Waals surface area contributed by atoms with E-state index in [1.807, 2.05) is 0 Å². The van der Waals surface area contributed by atoms with Crippen LogP contribution in [0, 0.1) is 25.7 Å². The van der Waals surface area contributed by atoms with Gasteiger partial charge in [0.05, 0.1) is 11.7 Å². The molecule has 1 fully saturated rings. The molecule has 1 saturated carbocycles. The highest BCUT2D eigenvalue weighted by atomic mass is 15.3. The second kappa shape index (κ2) is 7.44. The number of aromatic nitrogens is 2. The van der Waals surface area contributed by atoms with Gasteiger partial charge in [0.15, 0.2) is 0 Å². The van der Waals surface area contributed by atoms with Crippen molar-refractivity contribution < 1.29 is 0 Å². The number of aryl methyl sites for hydroxylation is 1. The molecule has 1 N–H and O–H groups in total. The third kappa shape index (κ3) is 4.32. The molecule has 3 heteroatoms. The minimum atomic E-state index is 0.636. The number of nitrogens with one attached hydrogen (secondary N) is 1. The molecule has 0 aliphatic heterocycles. The first-order valence-corrected chi connectivity index (χ1v) is 8.74. The highest BCUT2D eigenvalue weighted by Gasteiger charge is 2.23. The van der Waals surface area contributed by atoms with Gasteiger partial charge in [-0.25, -0.2) is 0 Å². The number of rotatable bonds is 6. The summed E-state index contributed by atoms with van der Waals surface area (Å²) in [6.45, 7) is 13.5. The molecule has 1 heterocycles. The quantitative estimate of drug-likeness (QED) is 0.802. The van der Waals surface area contributed by atoms with Crippen molar-refractivity contribution >= 4 is 0 Å². The van der Waals surface area contributed by atoms with Gasteiger partial charge in [-0.2, -0.15) is 5.10 Å². The summed E-state index contributed by atoms with van der Waals surface area (Å²) < 4.78 is 2.33. The predicted molar refractivity (Wildman–Crippen MR) is 89.8 cm³/mol. The van der Waals surface area contributed by atoms with Crippen LogP contribution < -0.4 is 5.32 Å². The molecular formula is C18H33N3. The summed E-state index contributed by atoms with van der Waals surface area (Å²) >= 11 is 0. The van der Waals surface area contributed by atoms with Gasteiger partial charge in [0.2, 0.25) is 0 Å². The molecule has 0 amide bonds. The molecule has 1 aliphatic carbocycles. The predicted octanol–water partition coefficient (Wildman–Crippen LogP) is 4.04. The average molecular weight is 291 g/mol. The highest BCUT2D eigenvalue weighted by Crippen LogP contribution is 2.33. The smallest absolute Gasteiger partial charge is 0.0629 e. The van der Waals surface area contributed by atoms with Crippen LogP contribution in [-0.4, -0.2) is 22.9 Å². The van der Waals surface area contributed by atoms with Crippen molar-refractivity contribution in [1.29, 1.82) is 0 Å². The fraction of sp³-hybridized carbons (Fsp3) is 0.833. The van der Waals surface area contributed by atoms with Crippen LogP contribution in [0.3, 0.4) is 0 Å². The van der Waals surface area contributed by atoms with Gasteiger partial charge >= 0.3 is 0 Å². The molecule has 1 aliphatic rings. The first-order valence-electron chi connectivity index (χ1n) is 8.74. The van der Waals surface area contributed by atoms with E-state index in [0.29, 0.717) is 6.04 Å². The van der Waals surface area contributed by atoms with Crippen LogP contribution in [0.25, 0.3) is 0 Å². The van der Waals surface area contributed by atoms with E-state index in [0.717, 1.165) is 31.3 Å². The Morgan fingerprint density at radius 3 is 2.48 bits per heavy atom. The van der Waals surface area contributed by atoms with Gasteiger partial charge in [-0.15, -0.1) is 0 Å². The topological polar surface area (TPSA) is 29.9 Å². The lowest BCUT2D eigenvalue weighted by Gasteiger charge is -2.27. The van der Waals surface area contributed by atoms with Gasteiger partial charge in [0.1, 0.15) is 0 Å². The van der Waals surface area contributed by atoms with Gasteiger partial charge in [-0.1, -0.05) is 20.8 Å². The molecule has 120 valence electrons. The van der Waals surface area contributed by atoms with Gasteiger partial charge < -0.3 is 5.32 Å². The second-order valence-electron chi connectivity index (χ2n) is 7.36. The van der Waals surface area contributed by atoms with Gasteiger partial charge in [-0.05, 0) is 76.4 Å². The lowest BCUT2D eigenvalue weighted by molar-refractivity contribution is 0.270. The van der Waals surface area contributed by atoms with E-state index in [2.05, 4.69) is 44.6 Å². The lowest BCUT2D eigenvalue weighted by atomic mass is 9.87. The fourth-order valence-electron chi connectivity index (χ4n) is 3.51. The maximum atomic E-state index is 4.86.